The first-order valence-corrected chi connectivity index (χ1v) is 9.26. The lowest BCUT2D eigenvalue weighted by atomic mass is 10.0. The first kappa shape index (κ1) is 22.4. The molecule has 7 heteroatoms. The fraction of sp³-hybridized carbons (Fsp3) is 0.579. The summed E-state index contributed by atoms with van der Waals surface area (Å²) in [5.41, 5.74) is 0.712. The van der Waals surface area contributed by atoms with Crippen LogP contribution in [0.3, 0.4) is 0 Å². The number of rotatable bonds is 6. The van der Waals surface area contributed by atoms with Gasteiger partial charge in [0.2, 0.25) is 5.91 Å². The van der Waals surface area contributed by atoms with E-state index in [0.29, 0.717) is 36.9 Å². The zero-order valence-corrected chi connectivity index (χ0v) is 16.7. The number of ketones is 1. The van der Waals surface area contributed by atoms with Gasteiger partial charge in [-0.15, -0.1) is 0 Å². The lowest BCUT2D eigenvalue weighted by molar-refractivity contribution is -0.139. The third-order valence-electron chi connectivity index (χ3n) is 4.05. The van der Waals surface area contributed by atoms with E-state index in [1.54, 1.807) is 11.0 Å². The number of hydrogen-bond acceptors (Lipinski definition) is 4. The van der Waals surface area contributed by atoms with Gasteiger partial charge in [-0.05, 0) is 25.1 Å². The minimum atomic E-state index is -0.442. The number of nitrogens with zero attached hydrogens (tertiary/aromatic N) is 2. The lowest BCUT2D eigenvalue weighted by Crippen LogP contribution is -2.51. The highest BCUT2D eigenvalue weighted by molar-refractivity contribution is 6.30. The molecule has 5 nitrogen and oxygen atoms in total. The van der Waals surface area contributed by atoms with Gasteiger partial charge in [-0.2, -0.15) is 0 Å². The summed E-state index contributed by atoms with van der Waals surface area (Å²) < 4.78 is 18.5. The molecule has 2 rings (SSSR count). The van der Waals surface area contributed by atoms with Gasteiger partial charge in [0.25, 0.3) is 0 Å². The van der Waals surface area contributed by atoms with Gasteiger partial charge in [0.1, 0.15) is 11.6 Å². The van der Waals surface area contributed by atoms with Gasteiger partial charge in [0.15, 0.2) is 0 Å². The number of halogens is 2. The van der Waals surface area contributed by atoms with Crippen LogP contribution in [0.4, 0.5) is 10.1 Å². The Kier molecular flexibility index (Phi) is 9.59. The van der Waals surface area contributed by atoms with Crippen LogP contribution in [0.25, 0.3) is 0 Å². The van der Waals surface area contributed by atoms with E-state index in [1.165, 1.54) is 26.2 Å². The molecule has 0 aliphatic carbocycles. The second kappa shape index (κ2) is 11.1. The summed E-state index contributed by atoms with van der Waals surface area (Å²) in [6.45, 7) is 7.92. The number of hydrogen-bond donors (Lipinski definition) is 0. The Hall–Kier alpha value is -1.66. The highest BCUT2D eigenvalue weighted by atomic mass is 35.5. The van der Waals surface area contributed by atoms with Crippen LogP contribution >= 0.6 is 11.6 Å². The Morgan fingerprint density at radius 2 is 1.81 bits per heavy atom. The van der Waals surface area contributed by atoms with E-state index < -0.39 is 5.92 Å². The summed E-state index contributed by atoms with van der Waals surface area (Å²) in [4.78, 5) is 27.6. The van der Waals surface area contributed by atoms with E-state index in [1.807, 2.05) is 18.7 Å². The van der Waals surface area contributed by atoms with Crippen molar-refractivity contribution < 1.29 is 18.7 Å². The molecule has 0 saturated carbocycles. The van der Waals surface area contributed by atoms with Crippen LogP contribution in [0.2, 0.25) is 5.02 Å². The van der Waals surface area contributed by atoms with Crippen molar-refractivity contribution in [3.8, 4) is 0 Å². The molecule has 0 aromatic heterocycles. The van der Waals surface area contributed by atoms with Crippen LogP contribution in [-0.4, -0.2) is 56.5 Å². The molecule has 146 valence electrons. The number of anilines is 1. The second-order valence-corrected chi connectivity index (χ2v) is 6.43. The van der Waals surface area contributed by atoms with Gasteiger partial charge < -0.3 is 19.3 Å². The normalized spacial score (nSPS) is 15.2. The number of piperazine rings is 1. The number of methoxy groups -OCH3 is 1. The van der Waals surface area contributed by atoms with Crippen LogP contribution in [-0.2, 0) is 14.3 Å². The molecule has 1 unspecified atom stereocenters. The fourth-order valence-corrected chi connectivity index (χ4v) is 3.15. The molecule has 1 amide bonds. The number of carbonyl (C=O) groups is 2. The molecule has 0 N–H and O–H groups in total. The average molecular weight is 387 g/mol. The van der Waals surface area contributed by atoms with E-state index in [0.717, 1.165) is 0 Å². The van der Waals surface area contributed by atoms with Gasteiger partial charge in [-0.25, -0.2) is 4.39 Å². The predicted molar refractivity (Wildman–Crippen MR) is 102 cm³/mol. The van der Waals surface area contributed by atoms with Crippen molar-refractivity contribution in [2.75, 3.05) is 44.8 Å². The smallest absolute Gasteiger partial charge is 0.228 e. The predicted octanol–water partition coefficient (Wildman–Crippen LogP) is 3.40. The van der Waals surface area contributed by atoms with Crippen LogP contribution < -0.4 is 4.90 Å². The Morgan fingerprint density at radius 1 is 1.19 bits per heavy atom. The third-order valence-corrected chi connectivity index (χ3v) is 4.27. The molecule has 0 radical (unpaired) electrons. The fourth-order valence-electron chi connectivity index (χ4n) is 2.93. The van der Waals surface area contributed by atoms with Crippen molar-refractivity contribution in [1.82, 2.24) is 4.90 Å². The van der Waals surface area contributed by atoms with Crippen molar-refractivity contribution >= 4 is 29.0 Å². The molecule has 1 heterocycles. The van der Waals surface area contributed by atoms with E-state index >= 15 is 0 Å². The first-order valence-electron chi connectivity index (χ1n) is 8.89. The van der Waals surface area contributed by atoms with Crippen LogP contribution in [0.15, 0.2) is 18.2 Å². The molecule has 0 bridgehead atoms. The summed E-state index contributed by atoms with van der Waals surface area (Å²) in [5, 5.41) is 0.352. The van der Waals surface area contributed by atoms with Gasteiger partial charge in [-0.3, -0.25) is 4.79 Å². The number of benzene rings is 1. The van der Waals surface area contributed by atoms with Crippen molar-refractivity contribution in [3.05, 3.63) is 29.0 Å². The van der Waals surface area contributed by atoms with Crippen molar-refractivity contribution in [1.29, 1.82) is 0 Å². The number of Topliss-reactive ketones (excluding diaryl/α,β-unsaturated/α-hetero) is 1. The molecule has 1 fully saturated rings. The quantitative estimate of drug-likeness (QED) is 0.751. The minimum Gasteiger partial charge on any atom is -0.384 e. The standard InChI is InChI=1S/C17H22ClFN2O3.C2H6/c1-12(22)7-13(11-24-2)17(23)21-5-3-20(4-6-21)16-9-14(18)8-15(19)10-16;1-2/h8-10,13H,3-7,11H2,1-2H3;1-2H3. The van der Waals surface area contributed by atoms with Gasteiger partial charge in [-0.1, -0.05) is 25.4 Å². The zero-order chi connectivity index (χ0) is 19.7. The molecule has 1 aliphatic rings. The minimum absolute atomic E-state index is 0.0292. The number of carbonyl (C=O) groups excluding carboxylic acids is 2. The molecule has 1 aromatic rings. The van der Waals surface area contributed by atoms with Crippen molar-refractivity contribution in [2.24, 2.45) is 5.92 Å². The number of amides is 1. The molecule has 1 aliphatic heterocycles. The first-order chi connectivity index (χ1) is 12.4. The van der Waals surface area contributed by atoms with Crippen LogP contribution in [0.5, 0.6) is 0 Å². The van der Waals surface area contributed by atoms with E-state index in [4.69, 9.17) is 16.3 Å². The lowest BCUT2D eigenvalue weighted by Gasteiger charge is -2.37. The maximum atomic E-state index is 13.5. The Balaban J connectivity index is 0.00000163. The molecule has 1 atom stereocenters. The Morgan fingerprint density at radius 3 is 2.31 bits per heavy atom. The van der Waals surface area contributed by atoms with Gasteiger partial charge in [0, 0.05) is 50.4 Å². The summed E-state index contributed by atoms with van der Waals surface area (Å²) in [6.07, 6.45) is 0.187. The third kappa shape index (κ3) is 6.57. The van der Waals surface area contributed by atoms with Crippen LogP contribution in [0.1, 0.15) is 27.2 Å². The second-order valence-electron chi connectivity index (χ2n) is 6.00. The molecule has 26 heavy (non-hydrogen) atoms. The van der Waals surface area contributed by atoms with Crippen LogP contribution in [0, 0.1) is 11.7 Å². The van der Waals surface area contributed by atoms with Crippen molar-refractivity contribution in [3.63, 3.8) is 0 Å². The van der Waals surface area contributed by atoms with Crippen molar-refractivity contribution in [2.45, 2.75) is 27.2 Å². The number of ether oxygens (including phenoxy) is 1. The average Bonchev–Trinajstić information content (AvgIpc) is 2.61. The largest absolute Gasteiger partial charge is 0.384 e. The highest BCUT2D eigenvalue weighted by Crippen LogP contribution is 2.23. The molecule has 1 saturated heterocycles. The van der Waals surface area contributed by atoms with Gasteiger partial charge in [0.05, 0.1) is 12.5 Å². The Bertz CT molecular complexity index is 584. The molecule has 1 aromatic carbocycles. The SMILES string of the molecule is CC.COCC(CC(C)=O)C(=O)N1CCN(c2cc(F)cc(Cl)c2)CC1. The summed E-state index contributed by atoms with van der Waals surface area (Å²) >= 11 is 5.90. The summed E-state index contributed by atoms with van der Waals surface area (Å²) in [7, 11) is 1.52. The molecular weight excluding hydrogens is 359 g/mol. The Labute approximate surface area is 160 Å². The zero-order valence-electron chi connectivity index (χ0n) is 15.9. The van der Waals surface area contributed by atoms with E-state index in [9.17, 15) is 14.0 Å². The summed E-state index contributed by atoms with van der Waals surface area (Å²) in [5.74, 6) is -0.914. The van der Waals surface area contributed by atoms with E-state index in [-0.39, 0.29) is 30.5 Å². The molecular formula is C19H28ClFN2O3. The summed E-state index contributed by atoms with van der Waals surface area (Å²) in [6, 6.07) is 4.42. The maximum Gasteiger partial charge on any atom is 0.228 e. The highest BCUT2D eigenvalue weighted by Gasteiger charge is 2.28. The van der Waals surface area contributed by atoms with Gasteiger partial charge >= 0.3 is 0 Å². The monoisotopic (exact) mass is 386 g/mol. The van der Waals surface area contributed by atoms with E-state index in [2.05, 4.69) is 0 Å². The maximum absolute atomic E-state index is 13.5. The topological polar surface area (TPSA) is 49.9 Å². The molecule has 0 spiro atoms.